The number of aromatic nitrogens is 1. The van der Waals surface area contributed by atoms with Gasteiger partial charge in [0.2, 0.25) is 0 Å². The summed E-state index contributed by atoms with van der Waals surface area (Å²) in [4.78, 5) is 4.57. The van der Waals surface area contributed by atoms with Crippen molar-refractivity contribution in [2.45, 2.75) is 52.3 Å². The lowest BCUT2D eigenvalue weighted by Crippen LogP contribution is -2.16. The Morgan fingerprint density at radius 3 is 2.95 bits per heavy atom. The zero-order valence-electron chi connectivity index (χ0n) is 12.7. The molecule has 4 heteroatoms. The van der Waals surface area contributed by atoms with E-state index in [0.717, 1.165) is 24.4 Å². The summed E-state index contributed by atoms with van der Waals surface area (Å²) in [5, 5.41) is 6.83. The molecular weight excluding hydrogens is 280 g/mol. The molecule has 3 nitrogen and oxygen atoms in total. The summed E-state index contributed by atoms with van der Waals surface area (Å²) in [6, 6.07) is 7.07. The number of hydrogen-bond acceptors (Lipinski definition) is 4. The third-order valence-electron chi connectivity index (χ3n) is 3.72. The van der Waals surface area contributed by atoms with Crippen molar-refractivity contribution < 1.29 is 4.74 Å². The van der Waals surface area contributed by atoms with Crippen LogP contribution >= 0.6 is 11.3 Å². The molecule has 1 N–H and O–H groups in total. The van der Waals surface area contributed by atoms with E-state index in [1.165, 1.54) is 29.0 Å². The maximum Gasteiger partial charge on any atom is 0.131 e. The Kier molecular flexibility index (Phi) is 4.56. The molecule has 0 aliphatic heterocycles. The maximum absolute atomic E-state index is 6.07. The molecule has 1 aromatic carbocycles. The lowest BCUT2D eigenvalue weighted by Gasteiger charge is -2.14. The highest BCUT2D eigenvalue weighted by Crippen LogP contribution is 2.26. The van der Waals surface area contributed by atoms with E-state index in [1.54, 1.807) is 11.3 Å². The number of rotatable bonds is 7. The number of nitrogens with zero attached hydrogens (tertiary/aromatic N) is 1. The van der Waals surface area contributed by atoms with Crippen LogP contribution in [0.4, 0.5) is 0 Å². The Morgan fingerprint density at radius 2 is 2.24 bits per heavy atom. The Morgan fingerprint density at radius 1 is 1.38 bits per heavy atom. The van der Waals surface area contributed by atoms with Crippen LogP contribution in [0.2, 0.25) is 0 Å². The van der Waals surface area contributed by atoms with E-state index in [2.05, 4.69) is 47.7 Å². The molecule has 0 atom stereocenters. The van der Waals surface area contributed by atoms with E-state index in [0.29, 0.717) is 12.6 Å². The Labute approximate surface area is 130 Å². The topological polar surface area (TPSA) is 34.1 Å². The summed E-state index contributed by atoms with van der Waals surface area (Å²) in [6.45, 7) is 5.68. The number of para-hydroxylation sites is 1. The van der Waals surface area contributed by atoms with Gasteiger partial charge in [0, 0.05) is 23.5 Å². The molecule has 0 bridgehead atoms. The molecule has 2 aromatic rings. The first kappa shape index (κ1) is 14.5. The monoisotopic (exact) mass is 302 g/mol. The van der Waals surface area contributed by atoms with Gasteiger partial charge in [-0.2, -0.15) is 0 Å². The third-order valence-corrected chi connectivity index (χ3v) is 4.76. The number of aryl methyl sites for hydroxylation is 2. The first-order chi connectivity index (χ1) is 10.3. The Bertz CT molecular complexity index is 605. The van der Waals surface area contributed by atoms with E-state index in [9.17, 15) is 0 Å². The van der Waals surface area contributed by atoms with Crippen molar-refractivity contribution in [3.05, 3.63) is 45.4 Å². The summed E-state index contributed by atoms with van der Waals surface area (Å²) in [5.41, 5.74) is 3.46. The van der Waals surface area contributed by atoms with E-state index in [4.69, 9.17) is 4.74 Å². The number of nitrogens with one attached hydrogen (secondary N) is 1. The van der Waals surface area contributed by atoms with E-state index >= 15 is 0 Å². The van der Waals surface area contributed by atoms with Gasteiger partial charge in [-0.15, -0.1) is 11.3 Å². The van der Waals surface area contributed by atoms with Gasteiger partial charge in [0.05, 0.1) is 10.7 Å². The fraction of sp³-hybridized carbons (Fsp3) is 0.471. The average molecular weight is 302 g/mol. The molecule has 112 valence electrons. The van der Waals surface area contributed by atoms with Gasteiger partial charge < -0.3 is 10.1 Å². The van der Waals surface area contributed by atoms with Crippen LogP contribution in [0, 0.1) is 6.92 Å². The number of ether oxygens (including phenoxy) is 1. The van der Waals surface area contributed by atoms with Gasteiger partial charge in [-0.1, -0.05) is 25.1 Å². The van der Waals surface area contributed by atoms with Crippen LogP contribution in [-0.2, 0) is 19.6 Å². The summed E-state index contributed by atoms with van der Waals surface area (Å²) >= 11 is 1.71. The average Bonchev–Trinajstić information content (AvgIpc) is 3.21. The molecule has 1 fully saturated rings. The molecule has 3 rings (SSSR count). The molecule has 0 radical (unpaired) electrons. The number of benzene rings is 1. The zero-order chi connectivity index (χ0) is 14.7. The molecule has 21 heavy (non-hydrogen) atoms. The molecule has 1 heterocycles. The molecule has 0 spiro atoms. The molecule has 0 amide bonds. The number of thiazole rings is 1. The van der Waals surface area contributed by atoms with Gasteiger partial charge in [0.1, 0.15) is 12.4 Å². The second-order valence-electron chi connectivity index (χ2n) is 5.59. The summed E-state index contributed by atoms with van der Waals surface area (Å²) in [5.74, 6) is 1.01. The van der Waals surface area contributed by atoms with E-state index in [1.807, 2.05) is 0 Å². The molecule has 1 aromatic heterocycles. The standard InChI is InChI=1S/C17H22N2OS/c1-3-16-19-15(11-21-16)10-20-17-12(2)5-4-6-13(17)9-18-14-7-8-14/h4-6,11,14,18H,3,7-10H2,1-2H3. The number of hydrogen-bond donors (Lipinski definition) is 1. The van der Waals surface area contributed by atoms with E-state index in [-0.39, 0.29) is 0 Å². The predicted molar refractivity (Wildman–Crippen MR) is 86.9 cm³/mol. The van der Waals surface area contributed by atoms with Crippen molar-refractivity contribution in [1.29, 1.82) is 0 Å². The summed E-state index contributed by atoms with van der Waals surface area (Å²) in [7, 11) is 0. The van der Waals surface area contributed by atoms with Crippen molar-refractivity contribution in [2.75, 3.05) is 0 Å². The highest BCUT2D eigenvalue weighted by Gasteiger charge is 2.20. The SMILES string of the molecule is CCc1nc(COc2c(C)cccc2CNC2CC2)cs1. The first-order valence-electron chi connectivity index (χ1n) is 7.64. The molecule has 1 saturated carbocycles. The second-order valence-corrected chi connectivity index (χ2v) is 6.54. The minimum Gasteiger partial charge on any atom is -0.487 e. The van der Waals surface area contributed by atoms with Crippen LogP contribution in [0.15, 0.2) is 23.6 Å². The van der Waals surface area contributed by atoms with Crippen LogP contribution in [-0.4, -0.2) is 11.0 Å². The van der Waals surface area contributed by atoms with Gasteiger partial charge in [-0.3, -0.25) is 0 Å². The highest BCUT2D eigenvalue weighted by molar-refractivity contribution is 7.09. The second kappa shape index (κ2) is 6.58. The fourth-order valence-electron chi connectivity index (χ4n) is 2.32. The molecule has 0 saturated heterocycles. The van der Waals surface area contributed by atoms with Gasteiger partial charge in [-0.05, 0) is 31.7 Å². The zero-order valence-corrected chi connectivity index (χ0v) is 13.5. The largest absolute Gasteiger partial charge is 0.487 e. The third kappa shape index (κ3) is 3.83. The van der Waals surface area contributed by atoms with Crippen LogP contribution in [0.25, 0.3) is 0 Å². The first-order valence-corrected chi connectivity index (χ1v) is 8.52. The molecule has 1 aliphatic rings. The molecule has 0 unspecified atom stereocenters. The van der Waals surface area contributed by atoms with Crippen molar-refractivity contribution in [3.63, 3.8) is 0 Å². The van der Waals surface area contributed by atoms with Crippen molar-refractivity contribution >= 4 is 11.3 Å². The minimum absolute atomic E-state index is 0.553. The van der Waals surface area contributed by atoms with Crippen LogP contribution in [0.5, 0.6) is 5.75 Å². The van der Waals surface area contributed by atoms with Crippen molar-refractivity contribution in [2.24, 2.45) is 0 Å². The van der Waals surface area contributed by atoms with E-state index < -0.39 is 0 Å². The van der Waals surface area contributed by atoms with Gasteiger partial charge in [0.25, 0.3) is 0 Å². The lowest BCUT2D eigenvalue weighted by atomic mass is 10.1. The highest BCUT2D eigenvalue weighted by atomic mass is 32.1. The Balaban J connectivity index is 1.67. The smallest absolute Gasteiger partial charge is 0.131 e. The van der Waals surface area contributed by atoms with Gasteiger partial charge in [0.15, 0.2) is 0 Å². The predicted octanol–water partition coefficient (Wildman–Crippen LogP) is 3.84. The quantitative estimate of drug-likeness (QED) is 0.843. The van der Waals surface area contributed by atoms with Crippen molar-refractivity contribution in [3.8, 4) is 5.75 Å². The van der Waals surface area contributed by atoms with Crippen LogP contribution in [0.1, 0.15) is 41.6 Å². The summed E-state index contributed by atoms with van der Waals surface area (Å²) in [6.07, 6.45) is 3.60. The minimum atomic E-state index is 0.553. The maximum atomic E-state index is 6.07. The fourth-order valence-corrected chi connectivity index (χ4v) is 3.05. The Hall–Kier alpha value is -1.39. The summed E-state index contributed by atoms with van der Waals surface area (Å²) < 4.78 is 6.07. The van der Waals surface area contributed by atoms with Crippen molar-refractivity contribution in [1.82, 2.24) is 10.3 Å². The lowest BCUT2D eigenvalue weighted by molar-refractivity contribution is 0.296. The molecule has 1 aliphatic carbocycles. The van der Waals surface area contributed by atoms with Crippen LogP contribution in [0.3, 0.4) is 0 Å². The van der Waals surface area contributed by atoms with Gasteiger partial charge >= 0.3 is 0 Å². The molecular formula is C17H22N2OS. The van der Waals surface area contributed by atoms with Crippen LogP contribution < -0.4 is 10.1 Å². The normalized spacial score (nSPS) is 14.4. The van der Waals surface area contributed by atoms with Gasteiger partial charge in [-0.25, -0.2) is 4.98 Å².